The van der Waals surface area contributed by atoms with Crippen molar-refractivity contribution < 1.29 is 42.5 Å². The lowest BCUT2D eigenvalue weighted by molar-refractivity contribution is -0.145. The number of ether oxygens (including phenoxy) is 2. The highest BCUT2D eigenvalue weighted by atomic mass is 32.1. The first-order valence-electron chi connectivity index (χ1n) is 24.5. The Bertz CT molecular complexity index is 2680. The zero-order valence-electron chi connectivity index (χ0n) is 40.6. The van der Waals surface area contributed by atoms with E-state index in [0.29, 0.717) is 54.7 Å². The average Bonchev–Trinajstić information content (AvgIpc) is 3.75. The van der Waals surface area contributed by atoms with Gasteiger partial charge in [-0.15, -0.1) is 11.3 Å². The van der Waals surface area contributed by atoms with Crippen LogP contribution in [0, 0.1) is 30.0 Å². The molecule has 5 aromatic rings. The van der Waals surface area contributed by atoms with Crippen molar-refractivity contribution in [3.63, 3.8) is 0 Å². The summed E-state index contributed by atoms with van der Waals surface area (Å²) in [5.74, 6) is -0.461. The first kappa shape index (κ1) is 50.4. The number of unbranched alkanes of at least 4 members (excludes halogenated alkanes) is 1. The maximum absolute atomic E-state index is 14.6. The normalized spacial score (nSPS) is 20.6. The summed E-state index contributed by atoms with van der Waals surface area (Å²) in [6.07, 6.45) is 6.15. The van der Waals surface area contributed by atoms with Gasteiger partial charge in [0.15, 0.2) is 5.67 Å². The molecule has 16 heteroatoms. The Morgan fingerprint density at radius 3 is 2.36 bits per heavy atom. The van der Waals surface area contributed by atoms with E-state index < -0.39 is 47.0 Å². The molecule has 4 N–H and O–H groups in total. The lowest BCUT2D eigenvalue weighted by Crippen LogP contribution is -2.59. The van der Waals surface area contributed by atoms with E-state index in [-0.39, 0.29) is 55.9 Å². The zero-order chi connectivity index (χ0) is 49.7. The number of aromatic nitrogens is 2. The number of hydrogen-bond acceptors (Lipinski definition) is 10. The van der Waals surface area contributed by atoms with Crippen molar-refractivity contribution in [3.8, 4) is 21.9 Å². The van der Waals surface area contributed by atoms with Gasteiger partial charge in [-0.1, -0.05) is 39.8 Å². The topological polar surface area (TPSA) is 172 Å². The fourth-order valence-corrected chi connectivity index (χ4v) is 10.5. The van der Waals surface area contributed by atoms with Gasteiger partial charge in [-0.3, -0.25) is 24.2 Å². The Labute approximate surface area is 412 Å². The van der Waals surface area contributed by atoms with Gasteiger partial charge < -0.3 is 35.4 Å². The standard InChI is InChI=1S/C54H64F2N6O7S/c1-32(34-8-10-35(11-9-34)42-20-23-57-44-19-14-38(55)27-43(42)44)49(64)60-39-15-17-41(18-16-39)68-24-6-7-25-69-46-26-36(47-33(2)59-31-70-47)12-13-37(46)29-58-50(65)45-28-40(63)30-62(45)51(66)48(53(3,4)5)61-52(67)54(56)21-22-54/h12-20,23,26-27,31-32,34-35,40,45,48,63H,6-11,21-22,24-25,28-30H2,1-5H3,(H,58,65)(H,60,64)(H,61,67)/t32-,34?,35?,40-,45+,48-/m1/s1. The second-order valence-corrected chi connectivity index (χ2v) is 21.2. The number of aliphatic hydroxyl groups excluding tert-OH is 1. The summed E-state index contributed by atoms with van der Waals surface area (Å²) in [4.78, 5) is 64.9. The molecule has 3 fully saturated rings. The van der Waals surface area contributed by atoms with E-state index in [0.717, 1.165) is 58.3 Å². The van der Waals surface area contributed by atoms with Gasteiger partial charge in [0.1, 0.15) is 29.4 Å². The number of nitrogens with zero attached hydrogens (tertiary/aromatic N) is 3. The first-order chi connectivity index (χ1) is 33.5. The van der Waals surface area contributed by atoms with Crippen LogP contribution < -0.4 is 25.4 Å². The van der Waals surface area contributed by atoms with E-state index in [2.05, 4.69) is 25.9 Å². The molecule has 4 atom stereocenters. The van der Waals surface area contributed by atoms with E-state index in [1.807, 2.05) is 62.4 Å². The molecule has 0 spiro atoms. The maximum Gasteiger partial charge on any atom is 0.258 e. The number of pyridine rings is 1. The Hall–Kier alpha value is -6.00. The highest BCUT2D eigenvalue weighted by Gasteiger charge is 2.53. The predicted molar refractivity (Wildman–Crippen MR) is 266 cm³/mol. The Balaban J connectivity index is 0.802. The Morgan fingerprint density at radius 1 is 0.943 bits per heavy atom. The number of hydrogen-bond donors (Lipinski definition) is 4. The number of anilines is 1. The summed E-state index contributed by atoms with van der Waals surface area (Å²) in [5, 5.41) is 20.1. The van der Waals surface area contributed by atoms with Crippen LogP contribution in [-0.2, 0) is 25.7 Å². The van der Waals surface area contributed by atoms with Crippen molar-refractivity contribution in [1.82, 2.24) is 25.5 Å². The number of rotatable bonds is 18. The molecule has 0 bridgehead atoms. The molecule has 3 heterocycles. The van der Waals surface area contributed by atoms with E-state index in [9.17, 15) is 33.1 Å². The van der Waals surface area contributed by atoms with Gasteiger partial charge >= 0.3 is 0 Å². The molecule has 1 saturated heterocycles. The van der Waals surface area contributed by atoms with Crippen molar-refractivity contribution in [3.05, 3.63) is 101 Å². The van der Waals surface area contributed by atoms with Crippen LogP contribution in [0.2, 0.25) is 0 Å². The van der Waals surface area contributed by atoms with Crippen LogP contribution in [0.5, 0.6) is 11.5 Å². The number of benzene rings is 3. The van der Waals surface area contributed by atoms with Crippen LogP contribution in [0.25, 0.3) is 21.3 Å². The van der Waals surface area contributed by atoms with E-state index in [1.54, 1.807) is 44.6 Å². The van der Waals surface area contributed by atoms with Crippen molar-refractivity contribution in [1.29, 1.82) is 0 Å². The molecule has 8 rings (SSSR count). The molecule has 0 unspecified atom stereocenters. The number of amides is 4. The maximum atomic E-state index is 14.6. The van der Waals surface area contributed by atoms with Gasteiger partial charge in [-0.2, -0.15) is 0 Å². The summed E-state index contributed by atoms with van der Waals surface area (Å²) in [5.41, 5.74) is 4.18. The minimum absolute atomic E-state index is 0.0147. The fraction of sp³-hybridized carbons (Fsp3) is 0.481. The minimum atomic E-state index is -1.98. The van der Waals surface area contributed by atoms with E-state index >= 15 is 0 Å². The molecule has 3 aromatic carbocycles. The third kappa shape index (κ3) is 11.9. The average molecular weight is 979 g/mol. The second-order valence-electron chi connectivity index (χ2n) is 20.3. The number of thiazole rings is 1. The number of halogens is 2. The number of fused-ring (bicyclic) bond motifs is 1. The van der Waals surface area contributed by atoms with Crippen LogP contribution in [0.1, 0.15) is 108 Å². The van der Waals surface area contributed by atoms with Crippen molar-refractivity contribution in [2.24, 2.45) is 17.3 Å². The van der Waals surface area contributed by atoms with Crippen LogP contribution in [0.3, 0.4) is 0 Å². The fourth-order valence-electron chi connectivity index (χ4n) is 9.68. The van der Waals surface area contributed by atoms with Gasteiger partial charge in [0.25, 0.3) is 5.91 Å². The van der Waals surface area contributed by atoms with Crippen molar-refractivity contribution in [2.75, 3.05) is 25.1 Å². The number of aliphatic hydroxyl groups is 1. The Morgan fingerprint density at radius 2 is 1.67 bits per heavy atom. The number of nitrogens with one attached hydrogen (secondary N) is 3. The van der Waals surface area contributed by atoms with E-state index in [4.69, 9.17) is 9.47 Å². The predicted octanol–water partition coefficient (Wildman–Crippen LogP) is 9.20. The van der Waals surface area contributed by atoms with Gasteiger partial charge in [0.2, 0.25) is 17.7 Å². The number of carbonyl (C=O) groups is 4. The van der Waals surface area contributed by atoms with Gasteiger partial charge in [-0.05, 0) is 141 Å². The van der Waals surface area contributed by atoms with E-state index in [1.165, 1.54) is 22.3 Å². The summed E-state index contributed by atoms with van der Waals surface area (Å²) in [6, 6.07) is 17.8. The van der Waals surface area contributed by atoms with Crippen LogP contribution in [-0.4, -0.2) is 87.2 Å². The largest absolute Gasteiger partial charge is 0.494 e. The molecule has 70 heavy (non-hydrogen) atoms. The third-order valence-electron chi connectivity index (χ3n) is 14.1. The highest BCUT2D eigenvalue weighted by Crippen LogP contribution is 2.42. The monoisotopic (exact) mass is 978 g/mol. The molecule has 4 amide bonds. The molecule has 3 aliphatic rings. The quantitative estimate of drug-likeness (QED) is 0.0625. The van der Waals surface area contributed by atoms with Gasteiger partial charge in [-0.25, -0.2) is 13.8 Å². The summed E-state index contributed by atoms with van der Waals surface area (Å²) in [6.45, 7) is 10.0. The van der Waals surface area contributed by atoms with Gasteiger partial charge in [0, 0.05) is 48.3 Å². The van der Waals surface area contributed by atoms with Crippen LogP contribution in [0.15, 0.2) is 78.4 Å². The van der Waals surface area contributed by atoms with Gasteiger partial charge in [0.05, 0.1) is 40.9 Å². The number of β-amino-alcohol motifs (C(OH)–C–C–N with tert-alkyl or cyclic N) is 1. The highest BCUT2D eigenvalue weighted by molar-refractivity contribution is 7.13. The molecule has 372 valence electrons. The SMILES string of the molecule is Cc1ncsc1-c1ccc(CNC(=O)[C@@H]2C[C@@H](O)CN2C(=O)[C@@H](NC(=O)C2(F)CC2)C(C)(C)C)c(OCCCCOc2ccc(NC(=O)[C@H](C)C3CCC(c4ccnc5ccc(F)cc45)CC3)cc2)c1. The summed E-state index contributed by atoms with van der Waals surface area (Å²) < 4.78 is 41.1. The minimum Gasteiger partial charge on any atom is -0.494 e. The molecule has 2 aromatic heterocycles. The summed E-state index contributed by atoms with van der Waals surface area (Å²) in [7, 11) is 0. The zero-order valence-corrected chi connectivity index (χ0v) is 41.4. The number of likely N-dealkylation sites (tertiary alicyclic amines) is 1. The molecular weight excluding hydrogens is 915 g/mol. The third-order valence-corrected chi connectivity index (χ3v) is 15.1. The molecule has 1 aliphatic heterocycles. The molecular formula is C54H64F2N6O7S. The lowest BCUT2D eigenvalue weighted by atomic mass is 9.73. The number of aryl methyl sites for hydroxylation is 1. The first-order valence-corrected chi connectivity index (χ1v) is 25.4. The molecule has 2 saturated carbocycles. The smallest absolute Gasteiger partial charge is 0.258 e. The van der Waals surface area contributed by atoms with Crippen LogP contribution in [0.4, 0.5) is 14.5 Å². The number of alkyl halides is 1. The number of carbonyl (C=O) groups excluding carboxylic acids is 4. The van der Waals surface area contributed by atoms with Crippen LogP contribution >= 0.6 is 11.3 Å². The molecule has 0 radical (unpaired) electrons. The summed E-state index contributed by atoms with van der Waals surface area (Å²) >= 11 is 1.52. The molecule has 13 nitrogen and oxygen atoms in total. The van der Waals surface area contributed by atoms with Crippen molar-refractivity contribution >= 4 is 51.6 Å². The lowest BCUT2D eigenvalue weighted by Gasteiger charge is -2.35. The second kappa shape index (κ2) is 21.6. The van der Waals surface area contributed by atoms with Crippen molar-refractivity contribution in [2.45, 2.75) is 129 Å². The molecule has 2 aliphatic carbocycles. The Kier molecular flexibility index (Phi) is 15.5.